The van der Waals surface area contributed by atoms with Crippen LogP contribution >= 0.6 is 11.6 Å². The third-order valence-corrected chi connectivity index (χ3v) is 2.81. The lowest BCUT2D eigenvalue weighted by Gasteiger charge is -2.08. The number of benzene rings is 1. The zero-order valence-corrected chi connectivity index (χ0v) is 10.9. The maximum Gasteiger partial charge on any atom is 0.257 e. The Morgan fingerprint density at radius 1 is 1.20 bits per heavy atom. The number of nitrogens with zero attached hydrogens (tertiary/aromatic N) is 1. The average molecular weight is 292 g/mol. The quantitative estimate of drug-likeness (QED) is 0.801. The van der Waals surface area contributed by atoms with Crippen molar-refractivity contribution in [3.05, 3.63) is 52.8 Å². The normalized spacial score (nSPS) is 10.1. The fraction of sp³-hybridized carbons (Fsp3) is 0. The van der Waals surface area contributed by atoms with E-state index < -0.39 is 11.8 Å². The second-order valence-corrected chi connectivity index (χ2v) is 4.35. The second-order valence-electron chi connectivity index (χ2n) is 3.94. The molecule has 6 nitrogen and oxygen atoms in total. The van der Waals surface area contributed by atoms with E-state index in [0.29, 0.717) is 0 Å². The Labute approximate surface area is 119 Å². The van der Waals surface area contributed by atoms with Crippen molar-refractivity contribution in [1.29, 1.82) is 0 Å². The molecule has 4 N–H and O–H groups in total. The van der Waals surface area contributed by atoms with Gasteiger partial charge in [-0.25, -0.2) is 0 Å². The fourth-order valence-corrected chi connectivity index (χ4v) is 1.69. The zero-order valence-electron chi connectivity index (χ0n) is 10.1. The predicted octanol–water partition coefficient (Wildman–Crippen LogP) is 1.79. The molecule has 7 heteroatoms. The van der Waals surface area contributed by atoms with Crippen molar-refractivity contribution in [3.63, 3.8) is 0 Å². The van der Waals surface area contributed by atoms with Crippen molar-refractivity contribution in [2.75, 3.05) is 5.32 Å². The molecular weight excluding hydrogens is 282 g/mol. The predicted molar refractivity (Wildman–Crippen MR) is 73.8 cm³/mol. The number of anilines is 1. The van der Waals surface area contributed by atoms with Gasteiger partial charge in [-0.15, -0.1) is 0 Å². The van der Waals surface area contributed by atoms with E-state index in [1.807, 2.05) is 0 Å². The van der Waals surface area contributed by atoms with Gasteiger partial charge in [-0.2, -0.15) is 0 Å². The molecule has 0 aliphatic heterocycles. The number of nitrogens with two attached hydrogens (primary N) is 1. The molecule has 1 aromatic heterocycles. The highest BCUT2D eigenvalue weighted by Gasteiger charge is 2.11. The number of primary amides is 1. The van der Waals surface area contributed by atoms with E-state index in [1.54, 1.807) is 0 Å². The second kappa shape index (κ2) is 5.58. The molecule has 102 valence electrons. The first kappa shape index (κ1) is 13.8. The number of carbonyl (C=O) groups excluding carboxylic acids is 2. The third kappa shape index (κ3) is 3.04. The molecule has 0 saturated carbocycles. The van der Waals surface area contributed by atoms with Crippen molar-refractivity contribution in [1.82, 2.24) is 4.98 Å². The van der Waals surface area contributed by atoms with Crippen LogP contribution in [0.5, 0.6) is 5.75 Å². The molecule has 1 heterocycles. The molecular formula is C13H10ClN3O3. The number of amides is 2. The van der Waals surface area contributed by atoms with Gasteiger partial charge >= 0.3 is 0 Å². The van der Waals surface area contributed by atoms with Gasteiger partial charge in [0.1, 0.15) is 5.75 Å². The number of hydrogen-bond acceptors (Lipinski definition) is 4. The van der Waals surface area contributed by atoms with Crippen LogP contribution in [0.15, 0.2) is 36.7 Å². The molecule has 20 heavy (non-hydrogen) atoms. The summed E-state index contributed by atoms with van der Waals surface area (Å²) in [4.78, 5) is 26.7. The Hall–Kier alpha value is -2.60. The number of aromatic hydroxyl groups is 1. The van der Waals surface area contributed by atoms with Crippen molar-refractivity contribution in [3.8, 4) is 5.75 Å². The van der Waals surface area contributed by atoms with E-state index in [1.165, 1.54) is 36.7 Å². The maximum absolute atomic E-state index is 12.0. The fourth-order valence-electron chi connectivity index (χ4n) is 1.52. The van der Waals surface area contributed by atoms with Crippen LogP contribution in [0.2, 0.25) is 5.02 Å². The average Bonchev–Trinajstić information content (AvgIpc) is 2.41. The molecule has 2 amide bonds. The van der Waals surface area contributed by atoms with Gasteiger partial charge in [0, 0.05) is 11.8 Å². The summed E-state index contributed by atoms with van der Waals surface area (Å²) in [7, 11) is 0. The van der Waals surface area contributed by atoms with Crippen molar-refractivity contribution in [2.45, 2.75) is 0 Å². The van der Waals surface area contributed by atoms with Crippen LogP contribution in [0.1, 0.15) is 20.7 Å². The van der Waals surface area contributed by atoms with Crippen LogP contribution in [-0.4, -0.2) is 21.9 Å². The topological polar surface area (TPSA) is 105 Å². The van der Waals surface area contributed by atoms with Gasteiger partial charge in [-0.3, -0.25) is 14.6 Å². The highest BCUT2D eigenvalue weighted by Crippen LogP contribution is 2.23. The molecule has 0 unspecified atom stereocenters. The van der Waals surface area contributed by atoms with Crippen LogP contribution in [0.3, 0.4) is 0 Å². The number of hydrogen-bond donors (Lipinski definition) is 3. The molecule has 2 aromatic rings. The van der Waals surface area contributed by atoms with E-state index in [4.69, 9.17) is 17.3 Å². The van der Waals surface area contributed by atoms with E-state index in [9.17, 15) is 14.7 Å². The van der Waals surface area contributed by atoms with Crippen molar-refractivity contribution < 1.29 is 14.7 Å². The number of aromatic nitrogens is 1. The van der Waals surface area contributed by atoms with Gasteiger partial charge in [0.05, 0.1) is 22.5 Å². The van der Waals surface area contributed by atoms with Crippen molar-refractivity contribution in [2.24, 2.45) is 5.73 Å². The van der Waals surface area contributed by atoms with Crippen LogP contribution in [-0.2, 0) is 0 Å². The van der Waals surface area contributed by atoms with Gasteiger partial charge in [-0.05, 0) is 24.3 Å². The van der Waals surface area contributed by atoms with E-state index >= 15 is 0 Å². The monoisotopic (exact) mass is 291 g/mol. The van der Waals surface area contributed by atoms with Gasteiger partial charge < -0.3 is 16.2 Å². The first-order chi connectivity index (χ1) is 9.47. The molecule has 0 fully saturated rings. The first-order valence-corrected chi connectivity index (χ1v) is 5.90. The molecule has 0 aliphatic rings. The lowest BCUT2D eigenvalue weighted by atomic mass is 10.2. The Bertz CT molecular complexity index is 688. The van der Waals surface area contributed by atoms with E-state index in [0.717, 1.165) is 0 Å². The molecule has 0 saturated heterocycles. The highest BCUT2D eigenvalue weighted by atomic mass is 35.5. The summed E-state index contributed by atoms with van der Waals surface area (Å²) in [6.45, 7) is 0. The summed E-state index contributed by atoms with van der Waals surface area (Å²) < 4.78 is 0. The molecule has 0 radical (unpaired) electrons. The standard InChI is InChI=1S/C13H10ClN3O3/c14-10-2-1-7(12(15)19)4-11(10)17-13(20)8-3-9(18)6-16-5-8/h1-6,18H,(H2,15,19)(H,17,20). The van der Waals surface area contributed by atoms with Gasteiger partial charge in [0.15, 0.2) is 0 Å². The Balaban J connectivity index is 2.27. The minimum atomic E-state index is -0.629. The number of rotatable bonds is 3. The van der Waals surface area contributed by atoms with E-state index in [-0.39, 0.29) is 27.6 Å². The molecule has 0 bridgehead atoms. The first-order valence-electron chi connectivity index (χ1n) is 5.52. The van der Waals surface area contributed by atoms with Crippen molar-refractivity contribution >= 4 is 29.1 Å². The highest BCUT2D eigenvalue weighted by molar-refractivity contribution is 6.34. The van der Waals surface area contributed by atoms with Gasteiger partial charge in [0.2, 0.25) is 5.91 Å². The Kier molecular flexibility index (Phi) is 3.86. The summed E-state index contributed by atoms with van der Waals surface area (Å²) in [6.07, 6.45) is 2.50. The molecule has 0 atom stereocenters. The minimum absolute atomic E-state index is 0.130. The minimum Gasteiger partial charge on any atom is -0.506 e. The molecule has 0 spiro atoms. The zero-order chi connectivity index (χ0) is 14.7. The molecule has 2 rings (SSSR count). The Morgan fingerprint density at radius 2 is 1.95 bits per heavy atom. The summed E-state index contributed by atoms with van der Waals surface area (Å²) in [6, 6.07) is 5.54. The number of pyridine rings is 1. The van der Waals surface area contributed by atoms with Crippen LogP contribution in [0, 0.1) is 0 Å². The SMILES string of the molecule is NC(=O)c1ccc(Cl)c(NC(=O)c2cncc(O)c2)c1. The van der Waals surface area contributed by atoms with Crippen LogP contribution in [0.25, 0.3) is 0 Å². The van der Waals surface area contributed by atoms with E-state index in [2.05, 4.69) is 10.3 Å². The summed E-state index contributed by atoms with van der Waals surface area (Å²) in [5.74, 6) is -1.28. The largest absolute Gasteiger partial charge is 0.506 e. The maximum atomic E-state index is 12.0. The molecule has 1 aromatic carbocycles. The van der Waals surface area contributed by atoms with Crippen LogP contribution < -0.4 is 11.1 Å². The lowest BCUT2D eigenvalue weighted by Crippen LogP contribution is -2.15. The van der Waals surface area contributed by atoms with Gasteiger partial charge in [0.25, 0.3) is 5.91 Å². The Morgan fingerprint density at radius 3 is 2.60 bits per heavy atom. The smallest absolute Gasteiger partial charge is 0.257 e. The number of carbonyl (C=O) groups is 2. The number of nitrogens with one attached hydrogen (secondary N) is 1. The lowest BCUT2D eigenvalue weighted by molar-refractivity contribution is 0.0996. The van der Waals surface area contributed by atoms with Gasteiger partial charge in [-0.1, -0.05) is 11.6 Å². The third-order valence-electron chi connectivity index (χ3n) is 2.49. The molecule has 0 aliphatic carbocycles. The summed E-state index contributed by atoms with van der Waals surface area (Å²) in [5, 5.41) is 12.0. The van der Waals surface area contributed by atoms with Crippen LogP contribution in [0.4, 0.5) is 5.69 Å². The summed E-state index contributed by atoms with van der Waals surface area (Å²) >= 11 is 5.93. The number of halogens is 1. The summed E-state index contributed by atoms with van der Waals surface area (Å²) in [5.41, 5.74) is 5.78.